The Kier molecular flexibility index (Phi) is 6.82. The minimum Gasteiger partial charge on any atom is -0.497 e. The van der Waals surface area contributed by atoms with Crippen molar-refractivity contribution < 1.29 is 18.7 Å². The first-order valence-electron chi connectivity index (χ1n) is 9.61. The van der Waals surface area contributed by atoms with Crippen molar-refractivity contribution in [1.29, 1.82) is 0 Å². The predicted octanol–water partition coefficient (Wildman–Crippen LogP) is 2.90. The van der Waals surface area contributed by atoms with Gasteiger partial charge in [0.15, 0.2) is 0 Å². The number of benzene rings is 2. The zero-order valence-electron chi connectivity index (χ0n) is 16.7. The van der Waals surface area contributed by atoms with Gasteiger partial charge in [0.1, 0.15) is 11.6 Å². The SMILES string of the molecule is COc1ccc(CN(C(=O)CN(C)CC(=O)Nc2cccc(F)c2)C2CC2)cc1. The van der Waals surface area contributed by atoms with E-state index in [1.54, 1.807) is 25.1 Å². The monoisotopic (exact) mass is 399 g/mol. The number of carbonyl (C=O) groups is 2. The fraction of sp³-hybridized carbons (Fsp3) is 0.364. The van der Waals surface area contributed by atoms with Gasteiger partial charge < -0.3 is 15.0 Å². The lowest BCUT2D eigenvalue weighted by molar-refractivity contribution is -0.133. The van der Waals surface area contributed by atoms with Crippen LogP contribution < -0.4 is 10.1 Å². The smallest absolute Gasteiger partial charge is 0.238 e. The lowest BCUT2D eigenvalue weighted by Crippen LogP contribution is -2.42. The predicted molar refractivity (Wildman–Crippen MR) is 109 cm³/mol. The highest BCUT2D eigenvalue weighted by atomic mass is 19.1. The van der Waals surface area contributed by atoms with Crippen LogP contribution >= 0.6 is 0 Å². The maximum absolute atomic E-state index is 13.2. The molecule has 0 saturated heterocycles. The number of carbonyl (C=O) groups excluding carboxylic acids is 2. The molecule has 0 bridgehead atoms. The normalized spacial score (nSPS) is 13.2. The second-order valence-corrected chi connectivity index (χ2v) is 7.33. The van der Waals surface area contributed by atoms with E-state index in [1.807, 2.05) is 29.2 Å². The Labute approximate surface area is 170 Å². The molecule has 1 fully saturated rings. The molecule has 0 atom stereocenters. The van der Waals surface area contributed by atoms with Crippen LogP contribution in [0.15, 0.2) is 48.5 Å². The van der Waals surface area contributed by atoms with E-state index in [9.17, 15) is 14.0 Å². The fourth-order valence-electron chi connectivity index (χ4n) is 3.12. The molecule has 1 aliphatic rings. The first kappa shape index (κ1) is 20.8. The third kappa shape index (κ3) is 6.29. The van der Waals surface area contributed by atoms with Crippen molar-refractivity contribution in [2.75, 3.05) is 32.6 Å². The lowest BCUT2D eigenvalue weighted by Gasteiger charge is -2.25. The average Bonchev–Trinajstić information content (AvgIpc) is 3.51. The van der Waals surface area contributed by atoms with Gasteiger partial charge in [0.05, 0.1) is 20.2 Å². The number of rotatable bonds is 9. The van der Waals surface area contributed by atoms with E-state index in [-0.39, 0.29) is 30.9 Å². The summed E-state index contributed by atoms with van der Waals surface area (Å²) in [4.78, 5) is 28.5. The van der Waals surface area contributed by atoms with Crippen LogP contribution in [0, 0.1) is 5.82 Å². The molecule has 1 N–H and O–H groups in total. The molecule has 0 heterocycles. The minimum atomic E-state index is -0.412. The van der Waals surface area contributed by atoms with Crippen LogP contribution in [-0.4, -0.2) is 54.9 Å². The molecule has 154 valence electrons. The number of halogens is 1. The van der Waals surface area contributed by atoms with Gasteiger partial charge in [-0.1, -0.05) is 18.2 Å². The number of hydrogen-bond acceptors (Lipinski definition) is 4. The van der Waals surface area contributed by atoms with E-state index in [2.05, 4.69) is 5.32 Å². The van der Waals surface area contributed by atoms with Crippen LogP contribution in [0.1, 0.15) is 18.4 Å². The second kappa shape index (κ2) is 9.52. The molecule has 3 rings (SSSR count). The maximum Gasteiger partial charge on any atom is 0.238 e. The van der Waals surface area contributed by atoms with E-state index in [4.69, 9.17) is 4.74 Å². The lowest BCUT2D eigenvalue weighted by atomic mass is 10.2. The highest BCUT2D eigenvalue weighted by molar-refractivity contribution is 5.92. The third-order valence-corrected chi connectivity index (χ3v) is 4.75. The summed E-state index contributed by atoms with van der Waals surface area (Å²) in [5.41, 5.74) is 1.44. The molecule has 0 aliphatic heterocycles. The largest absolute Gasteiger partial charge is 0.497 e. The first-order chi connectivity index (χ1) is 13.9. The molecular formula is C22H26FN3O3. The zero-order chi connectivity index (χ0) is 20.8. The van der Waals surface area contributed by atoms with Crippen LogP contribution in [0.5, 0.6) is 5.75 Å². The van der Waals surface area contributed by atoms with Gasteiger partial charge in [0.25, 0.3) is 0 Å². The van der Waals surface area contributed by atoms with Crippen LogP contribution in [0.3, 0.4) is 0 Å². The molecular weight excluding hydrogens is 373 g/mol. The number of anilines is 1. The molecule has 2 aromatic carbocycles. The molecule has 7 heteroatoms. The molecule has 2 amide bonds. The first-order valence-corrected chi connectivity index (χ1v) is 9.61. The van der Waals surface area contributed by atoms with Gasteiger partial charge >= 0.3 is 0 Å². The van der Waals surface area contributed by atoms with Gasteiger partial charge in [-0.05, 0) is 55.8 Å². The summed E-state index contributed by atoms with van der Waals surface area (Å²) < 4.78 is 18.4. The highest BCUT2D eigenvalue weighted by Gasteiger charge is 2.32. The van der Waals surface area contributed by atoms with Crippen molar-refractivity contribution >= 4 is 17.5 Å². The quantitative estimate of drug-likeness (QED) is 0.704. The summed E-state index contributed by atoms with van der Waals surface area (Å²) in [6.07, 6.45) is 2.01. The number of nitrogens with one attached hydrogen (secondary N) is 1. The maximum atomic E-state index is 13.2. The van der Waals surface area contributed by atoms with Crippen molar-refractivity contribution in [2.45, 2.75) is 25.4 Å². The van der Waals surface area contributed by atoms with Crippen LogP contribution in [0.4, 0.5) is 10.1 Å². The fourth-order valence-corrected chi connectivity index (χ4v) is 3.12. The number of nitrogens with zero attached hydrogens (tertiary/aromatic N) is 2. The minimum absolute atomic E-state index is 0.00984. The zero-order valence-corrected chi connectivity index (χ0v) is 16.7. The Balaban J connectivity index is 1.52. The Morgan fingerprint density at radius 3 is 2.48 bits per heavy atom. The van der Waals surface area contributed by atoms with Crippen LogP contribution in [-0.2, 0) is 16.1 Å². The molecule has 1 aliphatic carbocycles. The summed E-state index contributed by atoms with van der Waals surface area (Å²) in [6, 6.07) is 13.7. The number of ether oxygens (including phenoxy) is 1. The molecule has 0 unspecified atom stereocenters. The number of amides is 2. The molecule has 0 spiro atoms. The summed E-state index contributed by atoms with van der Waals surface area (Å²) in [5, 5.41) is 2.64. The summed E-state index contributed by atoms with van der Waals surface area (Å²) in [7, 11) is 3.34. The summed E-state index contributed by atoms with van der Waals surface area (Å²) in [5.74, 6) is 0.0652. The van der Waals surface area contributed by atoms with Gasteiger partial charge in [-0.25, -0.2) is 4.39 Å². The van der Waals surface area contributed by atoms with Crippen LogP contribution in [0.25, 0.3) is 0 Å². The van der Waals surface area contributed by atoms with Crippen molar-refractivity contribution in [1.82, 2.24) is 9.80 Å². The topological polar surface area (TPSA) is 61.9 Å². The van der Waals surface area contributed by atoms with E-state index >= 15 is 0 Å². The Morgan fingerprint density at radius 1 is 1.14 bits per heavy atom. The van der Waals surface area contributed by atoms with Gasteiger partial charge in [0.2, 0.25) is 11.8 Å². The van der Waals surface area contributed by atoms with Crippen molar-refractivity contribution in [3.05, 3.63) is 59.9 Å². The van der Waals surface area contributed by atoms with Gasteiger partial charge in [-0.2, -0.15) is 0 Å². The Morgan fingerprint density at radius 2 is 1.86 bits per heavy atom. The second-order valence-electron chi connectivity index (χ2n) is 7.33. The van der Waals surface area contributed by atoms with Crippen LogP contribution in [0.2, 0.25) is 0 Å². The summed E-state index contributed by atoms with van der Waals surface area (Å²) >= 11 is 0. The molecule has 1 saturated carbocycles. The average molecular weight is 399 g/mol. The summed E-state index contributed by atoms with van der Waals surface area (Å²) in [6.45, 7) is 0.726. The van der Waals surface area contributed by atoms with E-state index in [1.165, 1.54) is 18.2 Å². The number of likely N-dealkylation sites (N-methyl/N-ethyl adjacent to an activating group) is 1. The highest BCUT2D eigenvalue weighted by Crippen LogP contribution is 2.29. The third-order valence-electron chi connectivity index (χ3n) is 4.75. The van der Waals surface area contributed by atoms with Gasteiger partial charge in [-0.3, -0.25) is 14.5 Å². The van der Waals surface area contributed by atoms with Gasteiger partial charge in [0, 0.05) is 18.3 Å². The van der Waals surface area contributed by atoms with E-state index in [0.717, 1.165) is 24.2 Å². The standard InChI is InChI=1S/C22H26FN3O3/c1-25(14-21(27)24-18-5-3-4-17(23)12-18)15-22(28)26(19-8-9-19)13-16-6-10-20(29-2)11-7-16/h3-7,10-12,19H,8-9,13-15H2,1-2H3,(H,24,27). The number of methoxy groups -OCH3 is 1. The van der Waals surface area contributed by atoms with Crippen molar-refractivity contribution in [2.24, 2.45) is 0 Å². The molecule has 0 radical (unpaired) electrons. The van der Waals surface area contributed by atoms with E-state index in [0.29, 0.717) is 12.2 Å². The Hall–Kier alpha value is -2.93. The van der Waals surface area contributed by atoms with Crippen molar-refractivity contribution in [3.8, 4) is 5.75 Å². The molecule has 6 nitrogen and oxygen atoms in total. The van der Waals surface area contributed by atoms with Crippen molar-refractivity contribution in [3.63, 3.8) is 0 Å². The molecule has 0 aromatic heterocycles. The number of hydrogen-bond donors (Lipinski definition) is 1. The molecule has 29 heavy (non-hydrogen) atoms. The van der Waals surface area contributed by atoms with Gasteiger partial charge in [-0.15, -0.1) is 0 Å². The molecule has 2 aromatic rings. The Bertz CT molecular complexity index is 853. The van der Waals surface area contributed by atoms with E-state index < -0.39 is 5.82 Å².